The van der Waals surface area contributed by atoms with Crippen LogP contribution in [0.4, 0.5) is 0 Å². The predicted molar refractivity (Wildman–Crippen MR) is 162 cm³/mol. The molecule has 2 bridgehead atoms. The Labute approximate surface area is 251 Å². The van der Waals surface area contributed by atoms with Crippen molar-refractivity contribution in [2.75, 3.05) is 34.4 Å². The van der Waals surface area contributed by atoms with Crippen LogP contribution in [0.25, 0.3) is 5.57 Å². The highest BCUT2D eigenvalue weighted by Crippen LogP contribution is 2.63. The first-order chi connectivity index (χ1) is 20.7. The molecule has 1 saturated heterocycles. The minimum absolute atomic E-state index is 0.00647. The topological polar surface area (TPSA) is 136 Å². The van der Waals surface area contributed by atoms with Crippen LogP contribution in [0, 0.1) is 0 Å². The Balaban J connectivity index is 1.18. The minimum atomic E-state index is -1.06. The molecule has 10 heteroatoms. The van der Waals surface area contributed by atoms with Gasteiger partial charge in [0.05, 0.1) is 36.4 Å². The van der Waals surface area contributed by atoms with Gasteiger partial charge in [-0.25, -0.2) is 0 Å². The number of benzene rings is 2. The molecule has 2 aromatic rings. The number of ketones is 1. The van der Waals surface area contributed by atoms with E-state index in [4.69, 9.17) is 19.9 Å². The van der Waals surface area contributed by atoms with Crippen molar-refractivity contribution in [2.45, 2.75) is 55.3 Å². The number of hydrogen-bond acceptors (Lipinski definition) is 9. The van der Waals surface area contributed by atoms with Gasteiger partial charge in [-0.1, -0.05) is 30.3 Å². The molecule has 4 N–H and O–H groups in total. The van der Waals surface area contributed by atoms with E-state index >= 15 is 0 Å². The van der Waals surface area contributed by atoms with Crippen molar-refractivity contribution in [1.82, 2.24) is 10.2 Å². The number of amides is 1. The molecule has 2 aromatic carbocycles. The second-order valence-electron chi connectivity index (χ2n) is 11.8. The molecular formula is C33H38N4O6. The second-order valence-corrected chi connectivity index (χ2v) is 11.8. The number of ether oxygens (including phenoxy) is 3. The van der Waals surface area contributed by atoms with E-state index in [1.807, 2.05) is 37.4 Å². The summed E-state index contributed by atoms with van der Waals surface area (Å²) in [6, 6.07) is 11.4. The lowest BCUT2D eigenvalue weighted by molar-refractivity contribution is -0.185. The summed E-state index contributed by atoms with van der Waals surface area (Å²) < 4.78 is 16.8. The number of nitrogens with one attached hydrogen (secondary N) is 1. The summed E-state index contributed by atoms with van der Waals surface area (Å²) in [5, 5.41) is 15.2. The molecule has 2 heterocycles. The van der Waals surface area contributed by atoms with E-state index in [1.165, 1.54) is 20.4 Å². The molecule has 4 aliphatic rings. The SMILES string of the molecule is C=C(/N=C(OC)\C(=C/N)c1ccc(CCNC(=O)c2ccc3c4c2O[C@H]2C(=O)CC[C@@]5(O)[C@@H](C3)N(C)CC[C@]425)cc1)OC. The van der Waals surface area contributed by atoms with Crippen LogP contribution in [0.2, 0.25) is 0 Å². The average molecular weight is 587 g/mol. The number of carbonyl (C=O) groups is 2. The van der Waals surface area contributed by atoms with Crippen LogP contribution in [0.3, 0.4) is 0 Å². The Morgan fingerprint density at radius 3 is 2.70 bits per heavy atom. The van der Waals surface area contributed by atoms with Crippen molar-refractivity contribution in [3.63, 3.8) is 0 Å². The van der Waals surface area contributed by atoms with Crippen molar-refractivity contribution >= 4 is 23.2 Å². The number of carbonyl (C=O) groups excluding carboxylic acids is 2. The van der Waals surface area contributed by atoms with Gasteiger partial charge in [-0.2, -0.15) is 4.99 Å². The van der Waals surface area contributed by atoms with E-state index in [-0.39, 0.29) is 35.9 Å². The largest absolute Gasteiger partial charge is 0.481 e. The molecule has 1 saturated carbocycles. The fourth-order valence-electron chi connectivity index (χ4n) is 7.66. The van der Waals surface area contributed by atoms with E-state index in [2.05, 4.69) is 21.8 Å². The third-order valence-corrected chi connectivity index (χ3v) is 9.81. The number of Topliss-reactive ketones (excluding diaryl/α,β-unsaturated/α-hetero) is 1. The third kappa shape index (κ3) is 4.34. The van der Waals surface area contributed by atoms with Crippen LogP contribution >= 0.6 is 0 Å². The van der Waals surface area contributed by atoms with E-state index in [0.29, 0.717) is 49.1 Å². The zero-order chi connectivity index (χ0) is 30.5. The fraction of sp³-hybridized carbons (Fsp3) is 0.424. The lowest BCUT2D eigenvalue weighted by Crippen LogP contribution is -2.76. The van der Waals surface area contributed by atoms with Gasteiger partial charge >= 0.3 is 0 Å². The molecular weight excluding hydrogens is 548 g/mol. The fourth-order valence-corrected chi connectivity index (χ4v) is 7.66. The summed E-state index contributed by atoms with van der Waals surface area (Å²) in [5.74, 6) is 0.691. The lowest BCUT2D eigenvalue weighted by Gasteiger charge is -2.62. The highest BCUT2D eigenvalue weighted by molar-refractivity contribution is 6.19. The van der Waals surface area contributed by atoms with Gasteiger partial charge in [0.2, 0.25) is 11.8 Å². The molecule has 1 amide bonds. The van der Waals surface area contributed by atoms with Crippen molar-refractivity contribution in [3.8, 4) is 5.75 Å². The van der Waals surface area contributed by atoms with Gasteiger partial charge in [0.25, 0.3) is 5.91 Å². The molecule has 226 valence electrons. The Morgan fingerprint density at radius 2 is 2.00 bits per heavy atom. The van der Waals surface area contributed by atoms with Crippen LogP contribution in [0.1, 0.15) is 51.9 Å². The van der Waals surface area contributed by atoms with Gasteiger partial charge in [-0.15, -0.1) is 0 Å². The summed E-state index contributed by atoms with van der Waals surface area (Å²) >= 11 is 0. The first kappa shape index (κ1) is 28.9. The number of aliphatic hydroxyl groups is 1. The van der Waals surface area contributed by atoms with Crippen LogP contribution in [-0.4, -0.2) is 79.7 Å². The molecule has 0 radical (unpaired) electrons. The first-order valence-electron chi connectivity index (χ1n) is 14.6. The van der Waals surface area contributed by atoms with Gasteiger partial charge in [-0.3, -0.25) is 9.59 Å². The van der Waals surface area contributed by atoms with E-state index in [9.17, 15) is 14.7 Å². The standard InChI is InChI=1S/C33H38N4O6/c1-19(41-3)36-31(42-4)24(18-34)21-7-5-20(6-8-21)12-15-35-30(39)23-10-9-22-17-26-33(40)13-11-25(38)29-32(33,14-16-37(26)2)27(22)28(23)43-29/h5-10,18,26,29,40H,1,11-17,34H2,2-4H3,(H,35,39)/b24-18-,36-31+/t26-,29+,32+,33-/m1/s1. The van der Waals surface area contributed by atoms with E-state index in [0.717, 1.165) is 28.8 Å². The van der Waals surface area contributed by atoms with Crippen LogP contribution in [-0.2, 0) is 32.5 Å². The minimum Gasteiger partial charge on any atom is -0.481 e. The summed E-state index contributed by atoms with van der Waals surface area (Å²) in [6.45, 7) is 4.86. The Bertz CT molecular complexity index is 1550. The highest BCUT2D eigenvalue weighted by Gasteiger charge is 2.72. The molecule has 0 aromatic heterocycles. The summed E-state index contributed by atoms with van der Waals surface area (Å²) in [6.07, 6.45) is 3.24. The predicted octanol–water partition coefficient (Wildman–Crippen LogP) is 2.47. The molecule has 6 rings (SSSR count). The molecule has 0 unspecified atom stereocenters. The van der Waals surface area contributed by atoms with Gasteiger partial charge < -0.3 is 35.3 Å². The van der Waals surface area contributed by atoms with Crippen molar-refractivity contribution in [1.29, 1.82) is 0 Å². The van der Waals surface area contributed by atoms with Gasteiger partial charge in [-0.05, 0) is 68.6 Å². The Morgan fingerprint density at radius 1 is 1.23 bits per heavy atom. The molecule has 10 nitrogen and oxygen atoms in total. The lowest BCUT2D eigenvalue weighted by atomic mass is 9.49. The van der Waals surface area contributed by atoms with Gasteiger partial charge in [0.15, 0.2) is 11.9 Å². The Hall–Kier alpha value is -4.15. The number of piperidine rings is 1. The van der Waals surface area contributed by atoms with E-state index < -0.39 is 17.1 Å². The number of hydrogen-bond donors (Lipinski definition) is 3. The average Bonchev–Trinajstić information content (AvgIpc) is 3.37. The van der Waals surface area contributed by atoms with Crippen molar-refractivity contribution in [3.05, 3.63) is 82.9 Å². The zero-order valence-corrected chi connectivity index (χ0v) is 24.8. The molecule has 43 heavy (non-hydrogen) atoms. The number of nitrogens with zero attached hydrogens (tertiary/aromatic N) is 2. The maximum Gasteiger partial charge on any atom is 0.255 e. The van der Waals surface area contributed by atoms with Crippen LogP contribution in [0.15, 0.2) is 60.1 Å². The summed E-state index contributed by atoms with van der Waals surface area (Å²) in [4.78, 5) is 33.1. The first-order valence-corrected chi connectivity index (χ1v) is 14.6. The quantitative estimate of drug-likeness (QED) is 0.244. The van der Waals surface area contributed by atoms with Gasteiger partial charge in [0, 0.05) is 30.8 Å². The maximum atomic E-state index is 13.5. The van der Waals surface area contributed by atoms with E-state index in [1.54, 1.807) is 6.07 Å². The van der Waals surface area contributed by atoms with Gasteiger partial charge in [0.1, 0.15) is 5.75 Å². The number of nitrogens with two attached hydrogens (primary N) is 1. The third-order valence-electron chi connectivity index (χ3n) is 9.81. The van der Waals surface area contributed by atoms with Crippen molar-refractivity contribution < 1.29 is 28.9 Å². The number of rotatable bonds is 8. The maximum absolute atomic E-state index is 13.5. The highest BCUT2D eigenvalue weighted by atomic mass is 16.5. The number of likely N-dealkylation sites (N-methyl/N-ethyl adjacent to an activating group) is 1. The van der Waals surface area contributed by atoms with Crippen LogP contribution < -0.4 is 15.8 Å². The monoisotopic (exact) mass is 586 g/mol. The number of methoxy groups -OCH3 is 2. The normalized spacial score (nSPS) is 27.7. The summed E-state index contributed by atoms with van der Waals surface area (Å²) in [7, 11) is 5.01. The second kappa shape index (κ2) is 10.8. The zero-order valence-electron chi connectivity index (χ0n) is 24.8. The smallest absolute Gasteiger partial charge is 0.255 e. The van der Waals surface area contributed by atoms with Crippen LogP contribution in [0.5, 0.6) is 5.75 Å². The molecule has 1 spiro atoms. The molecule has 4 atom stereocenters. The molecule has 2 aliphatic carbocycles. The molecule has 2 fully saturated rings. The van der Waals surface area contributed by atoms with Crippen molar-refractivity contribution in [2.24, 2.45) is 10.7 Å². The summed E-state index contributed by atoms with van der Waals surface area (Å²) in [5.41, 5.74) is 8.75. The number of likely N-dealkylation sites (tertiary alicyclic amines) is 1. The Kier molecular flexibility index (Phi) is 7.30. The number of aliphatic imine (C=N–C) groups is 1. The molecule has 2 aliphatic heterocycles.